The van der Waals surface area contributed by atoms with Crippen molar-refractivity contribution in [2.45, 2.75) is 12.8 Å². The van der Waals surface area contributed by atoms with Gasteiger partial charge in [-0.2, -0.15) is 12.6 Å². The molecular formula is C9H11S. The summed E-state index contributed by atoms with van der Waals surface area (Å²) in [5.41, 5.74) is 1.36. The van der Waals surface area contributed by atoms with Crippen molar-refractivity contribution in [3.05, 3.63) is 35.9 Å². The maximum absolute atomic E-state index is 4.14. The second-order valence-electron chi connectivity index (χ2n) is 2.24. The second kappa shape index (κ2) is 4.40. The molecular weight excluding hydrogens is 140 g/mol. The van der Waals surface area contributed by atoms with E-state index in [1.165, 1.54) is 5.56 Å². The number of rotatable bonds is 3. The molecule has 0 fully saturated rings. The van der Waals surface area contributed by atoms with Crippen molar-refractivity contribution in [1.29, 1.82) is 0 Å². The van der Waals surface area contributed by atoms with Crippen LogP contribution in [0.5, 0.6) is 0 Å². The molecule has 0 aliphatic carbocycles. The quantitative estimate of drug-likeness (QED) is 0.630. The zero-order valence-corrected chi connectivity index (χ0v) is 6.77. The van der Waals surface area contributed by atoms with Crippen LogP contribution in [0.3, 0.4) is 0 Å². The minimum atomic E-state index is 0.967. The summed E-state index contributed by atoms with van der Waals surface area (Å²) in [6.45, 7) is 0. The summed E-state index contributed by atoms with van der Waals surface area (Å²) in [5.74, 6) is 0.967. The number of aryl methyl sites for hydroxylation is 1. The van der Waals surface area contributed by atoms with Crippen LogP contribution in [-0.4, -0.2) is 5.75 Å². The number of hydrogen-bond donors (Lipinski definition) is 1. The van der Waals surface area contributed by atoms with Crippen LogP contribution in [0.4, 0.5) is 0 Å². The Morgan fingerprint density at radius 1 is 1.50 bits per heavy atom. The van der Waals surface area contributed by atoms with Gasteiger partial charge in [0.2, 0.25) is 0 Å². The molecule has 0 unspecified atom stereocenters. The second-order valence-corrected chi connectivity index (χ2v) is 2.69. The lowest BCUT2D eigenvalue weighted by Crippen LogP contribution is -1.84. The summed E-state index contributed by atoms with van der Waals surface area (Å²) in [6, 6.07) is 11.1. The Morgan fingerprint density at radius 3 is 3.00 bits per heavy atom. The van der Waals surface area contributed by atoms with E-state index in [2.05, 4.69) is 24.8 Å². The van der Waals surface area contributed by atoms with Crippen LogP contribution in [0, 0.1) is 6.07 Å². The van der Waals surface area contributed by atoms with Gasteiger partial charge in [-0.05, 0) is 30.2 Å². The largest absolute Gasteiger partial charge is 0.179 e. The van der Waals surface area contributed by atoms with Gasteiger partial charge in [0.15, 0.2) is 0 Å². The third kappa shape index (κ3) is 2.44. The fourth-order valence-corrected chi connectivity index (χ4v) is 1.03. The fourth-order valence-electron chi connectivity index (χ4n) is 0.869. The Hall–Kier alpha value is -0.430. The molecule has 1 radical (unpaired) electrons. The molecule has 1 rings (SSSR count). The highest BCUT2D eigenvalue weighted by Crippen LogP contribution is 2.01. The minimum Gasteiger partial charge on any atom is -0.179 e. The smallest absolute Gasteiger partial charge is 0.00947 e. The van der Waals surface area contributed by atoms with Gasteiger partial charge in [0, 0.05) is 0 Å². The highest BCUT2D eigenvalue weighted by molar-refractivity contribution is 7.80. The van der Waals surface area contributed by atoms with E-state index in [1.807, 2.05) is 18.2 Å². The van der Waals surface area contributed by atoms with Crippen LogP contribution in [0.1, 0.15) is 12.0 Å². The molecule has 0 bridgehead atoms. The molecule has 0 spiro atoms. The summed E-state index contributed by atoms with van der Waals surface area (Å²) in [7, 11) is 0. The van der Waals surface area contributed by atoms with E-state index >= 15 is 0 Å². The Balaban J connectivity index is 2.43. The lowest BCUT2D eigenvalue weighted by atomic mass is 10.1. The monoisotopic (exact) mass is 151 g/mol. The molecule has 0 saturated heterocycles. The molecule has 53 valence electrons. The number of thiol groups is 1. The Kier molecular flexibility index (Phi) is 3.37. The lowest BCUT2D eigenvalue weighted by Gasteiger charge is -1.95. The van der Waals surface area contributed by atoms with Gasteiger partial charge in [0.05, 0.1) is 0 Å². The molecule has 1 aromatic rings. The fraction of sp³-hybridized carbons (Fsp3) is 0.333. The van der Waals surface area contributed by atoms with E-state index in [4.69, 9.17) is 0 Å². The molecule has 0 N–H and O–H groups in total. The van der Waals surface area contributed by atoms with Gasteiger partial charge in [0.1, 0.15) is 0 Å². The van der Waals surface area contributed by atoms with E-state index in [1.54, 1.807) is 0 Å². The molecule has 0 heterocycles. The Labute approximate surface area is 67.7 Å². The van der Waals surface area contributed by atoms with Gasteiger partial charge >= 0.3 is 0 Å². The van der Waals surface area contributed by atoms with Gasteiger partial charge in [-0.25, -0.2) is 0 Å². The van der Waals surface area contributed by atoms with Gasteiger partial charge in [-0.1, -0.05) is 24.3 Å². The van der Waals surface area contributed by atoms with Crippen molar-refractivity contribution in [2.75, 3.05) is 5.75 Å². The van der Waals surface area contributed by atoms with Crippen LogP contribution >= 0.6 is 12.6 Å². The van der Waals surface area contributed by atoms with Crippen molar-refractivity contribution < 1.29 is 0 Å². The first kappa shape index (κ1) is 7.67. The summed E-state index contributed by atoms with van der Waals surface area (Å²) in [6.07, 6.45) is 2.28. The predicted octanol–water partition coefficient (Wildman–Crippen LogP) is 2.35. The third-order valence-corrected chi connectivity index (χ3v) is 1.71. The van der Waals surface area contributed by atoms with Crippen molar-refractivity contribution >= 4 is 12.6 Å². The minimum absolute atomic E-state index is 0.967. The lowest BCUT2D eigenvalue weighted by molar-refractivity contribution is 0.936. The molecule has 0 saturated carbocycles. The van der Waals surface area contributed by atoms with Gasteiger partial charge in [-0.15, -0.1) is 0 Å². The maximum atomic E-state index is 4.14. The van der Waals surface area contributed by atoms with Crippen LogP contribution in [0.15, 0.2) is 24.3 Å². The van der Waals surface area contributed by atoms with Crippen LogP contribution < -0.4 is 0 Å². The molecule has 0 aliphatic rings. The van der Waals surface area contributed by atoms with Gasteiger partial charge in [-0.3, -0.25) is 0 Å². The van der Waals surface area contributed by atoms with Crippen molar-refractivity contribution in [2.24, 2.45) is 0 Å². The molecule has 1 heteroatoms. The maximum Gasteiger partial charge on any atom is -0.00947 e. The standard InChI is InChI=1S/C9H11S/c10-8-4-7-9-5-2-1-3-6-9/h1-2,5-6,10H,4,7-8H2. The topological polar surface area (TPSA) is 0 Å². The summed E-state index contributed by atoms with van der Waals surface area (Å²) < 4.78 is 0. The van der Waals surface area contributed by atoms with Crippen LogP contribution in [0.25, 0.3) is 0 Å². The average molecular weight is 151 g/mol. The normalized spacial score (nSPS) is 9.70. The SMILES string of the molecule is SCCCc1c[c]ccc1. The van der Waals surface area contributed by atoms with Crippen LogP contribution in [-0.2, 0) is 6.42 Å². The van der Waals surface area contributed by atoms with Crippen molar-refractivity contribution in [3.63, 3.8) is 0 Å². The summed E-state index contributed by atoms with van der Waals surface area (Å²) in [4.78, 5) is 0. The number of benzene rings is 1. The number of hydrogen-bond acceptors (Lipinski definition) is 1. The first-order chi connectivity index (χ1) is 4.93. The van der Waals surface area contributed by atoms with E-state index in [-0.39, 0.29) is 0 Å². The first-order valence-electron chi connectivity index (χ1n) is 3.49. The van der Waals surface area contributed by atoms with Crippen molar-refractivity contribution in [1.82, 2.24) is 0 Å². The van der Waals surface area contributed by atoms with E-state index < -0.39 is 0 Å². The summed E-state index contributed by atoms with van der Waals surface area (Å²) in [5, 5.41) is 0. The molecule has 0 aliphatic heterocycles. The molecule has 0 atom stereocenters. The Bertz CT molecular complexity index is 169. The van der Waals surface area contributed by atoms with E-state index in [0.717, 1.165) is 18.6 Å². The highest BCUT2D eigenvalue weighted by Gasteiger charge is 1.87. The molecule has 0 amide bonds. The third-order valence-electron chi connectivity index (χ3n) is 1.40. The summed E-state index contributed by atoms with van der Waals surface area (Å²) >= 11 is 4.14. The molecule has 0 aromatic heterocycles. The van der Waals surface area contributed by atoms with E-state index in [9.17, 15) is 0 Å². The predicted molar refractivity (Wildman–Crippen MR) is 47.5 cm³/mol. The first-order valence-corrected chi connectivity index (χ1v) is 4.12. The molecule has 10 heavy (non-hydrogen) atoms. The molecule has 0 nitrogen and oxygen atoms in total. The van der Waals surface area contributed by atoms with Crippen molar-refractivity contribution in [3.8, 4) is 0 Å². The van der Waals surface area contributed by atoms with Gasteiger partial charge in [0.25, 0.3) is 0 Å². The molecule has 1 aromatic carbocycles. The average Bonchev–Trinajstić information content (AvgIpc) is 2.03. The zero-order chi connectivity index (χ0) is 7.23. The Morgan fingerprint density at radius 2 is 2.40 bits per heavy atom. The van der Waals surface area contributed by atoms with E-state index in [0.29, 0.717) is 0 Å². The zero-order valence-electron chi connectivity index (χ0n) is 5.88. The highest BCUT2D eigenvalue weighted by atomic mass is 32.1. The van der Waals surface area contributed by atoms with Gasteiger partial charge < -0.3 is 0 Å². The van der Waals surface area contributed by atoms with Crippen LogP contribution in [0.2, 0.25) is 0 Å².